The van der Waals surface area contributed by atoms with Crippen LogP contribution in [-0.4, -0.2) is 19.4 Å². The molecule has 0 amide bonds. The SMILES string of the molecule is O=C1Cc2nccc(Oc3ccc(NS(=O)(=O)c4ccccc4)cc3)c2O1. The highest BCUT2D eigenvalue weighted by Gasteiger charge is 2.25. The lowest BCUT2D eigenvalue weighted by atomic mass is 10.2. The third-order valence-corrected chi connectivity index (χ3v) is 5.25. The number of anilines is 1. The minimum atomic E-state index is -3.66. The third kappa shape index (κ3) is 3.61. The Morgan fingerprint density at radius 1 is 1.00 bits per heavy atom. The van der Waals surface area contributed by atoms with Crippen LogP contribution < -0.4 is 14.2 Å². The Balaban J connectivity index is 1.51. The number of fused-ring (bicyclic) bond motifs is 1. The molecule has 3 aromatic rings. The normalized spacial score (nSPS) is 13.0. The molecule has 2 aromatic carbocycles. The molecule has 136 valence electrons. The molecule has 1 N–H and O–H groups in total. The lowest BCUT2D eigenvalue weighted by Gasteiger charge is -2.11. The lowest BCUT2D eigenvalue weighted by Crippen LogP contribution is -2.12. The van der Waals surface area contributed by atoms with Crippen molar-refractivity contribution in [1.29, 1.82) is 0 Å². The Bertz CT molecular complexity index is 1100. The van der Waals surface area contributed by atoms with E-state index in [0.29, 0.717) is 28.6 Å². The fourth-order valence-corrected chi connectivity index (χ4v) is 3.68. The molecule has 0 spiro atoms. The quantitative estimate of drug-likeness (QED) is 0.681. The Kier molecular flexibility index (Phi) is 4.25. The van der Waals surface area contributed by atoms with Crippen molar-refractivity contribution in [2.75, 3.05) is 4.72 Å². The zero-order valence-corrected chi connectivity index (χ0v) is 14.8. The number of hydrogen-bond acceptors (Lipinski definition) is 6. The molecule has 27 heavy (non-hydrogen) atoms. The molecule has 1 aromatic heterocycles. The highest BCUT2D eigenvalue weighted by atomic mass is 32.2. The van der Waals surface area contributed by atoms with Crippen molar-refractivity contribution in [3.8, 4) is 17.2 Å². The van der Waals surface area contributed by atoms with E-state index in [1.54, 1.807) is 54.7 Å². The highest BCUT2D eigenvalue weighted by Crippen LogP contribution is 2.37. The monoisotopic (exact) mass is 382 g/mol. The maximum absolute atomic E-state index is 12.3. The maximum Gasteiger partial charge on any atom is 0.317 e. The molecule has 0 bridgehead atoms. The second-order valence-corrected chi connectivity index (χ2v) is 7.46. The molecule has 8 heteroatoms. The topological polar surface area (TPSA) is 94.6 Å². The van der Waals surface area contributed by atoms with Crippen molar-refractivity contribution < 1.29 is 22.7 Å². The van der Waals surface area contributed by atoms with Gasteiger partial charge in [0, 0.05) is 18.0 Å². The summed E-state index contributed by atoms with van der Waals surface area (Å²) in [6, 6.07) is 16.1. The smallest absolute Gasteiger partial charge is 0.317 e. The number of carbonyl (C=O) groups is 1. The van der Waals surface area contributed by atoms with Crippen molar-refractivity contribution in [1.82, 2.24) is 4.98 Å². The van der Waals surface area contributed by atoms with E-state index >= 15 is 0 Å². The average Bonchev–Trinajstić information content (AvgIpc) is 3.05. The van der Waals surface area contributed by atoms with E-state index in [-0.39, 0.29) is 17.3 Å². The Morgan fingerprint density at radius 3 is 2.48 bits per heavy atom. The van der Waals surface area contributed by atoms with Crippen molar-refractivity contribution in [2.24, 2.45) is 0 Å². The van der Waals surface area contributed by atoms with Gasteiger partial charge in [0.05, 0.1) is 17.0 Å². The zero-order chi connectivity index (χ0) is 18.9. The third-order valence-electron chi connectivity index (χ3n) is 3.86. The first-order valence-corrected chi connectivity index (χ1v) is 9.54. The van der Waals surface area contributed by atoms with Crippen LogP contribution >= 0.6 is 0 Å². The molecular weight excluding hydrogens is 368 g/mol. The molecule has 0 fully saturated rings. The van der Waals surface area contributed by atoms with Crippen molar-refractivity contribution >= 4 is 21.7 Å². The summed E-state index contributed by atoms with van der Waals surface area (Å²) >= 11 is 0. The van der Waals surface area contributed by atoms with E-state index in [0.717, 1.165) is 0 Å². The molecule has 0 unspecified atom stereocenters. The largest absolute Gasteiger partial charge is 0.453 e. The van der Waals surface area contributed by atoms with Crippen LogP contribution in [0.5, 0.6) is 17.2 Å². The fourth-order valence-electron chi connectivity index (χ4n) is 2.61. The van der Waals surface area contributed by atoms with Gasteiger partial charge >= 0.3 is 5.97 Å². The van der Waals surface area contributed by atoms with Crippen LogP contribution in [0.25, 0.3) is 0 Å². The number of nitrogens with one attached hydrogen (secondary N) is 1. The zero-order valence-electron chi connectivity index (χ0n) is 14.0. The molecule has 0 atom stereocenters. The summed E-state index contributed by atoms with van der Waals surface area (Å²) in [7, 11) is -3.66. The van der Waals surface area contributed by atoms with Gasteiger partial charge in [0.15, 0.2) is 11.5 Å². The second-order valence-electron chi connectivity index (χ2n) is 5.78. The van der Waals surface area contributed by atoms with Crippen LogP contribution in [0.1, 0.15) is 5.69 Å². The number of carbonyl (C=O) groups excluding carboxylic acids is 1. The fraction of sp³-hybridized carbons (Fsp3) is 0.0526. The molecule has 0 saturated carbocycles. The van der Waals surface area contributed by atoms with Crippen molar-refractivity contribution in [2.45, 2.75) is 11.3 Å². The van der Waals surface area contributed by atoms with Crippen molar-refractivity contribution in [3.05, 3.63) is 72.6 Å². The molecule has 4 rings (SSSR count). The van der Waals surface area contributed by atoms with Gasteiger partial charge in [-0.25, -0.2) is 8.42 Å². The Labute approximate surface area is 155 Å². The van der Waals surface area contributed by atoms with Crippen LogP contribution in [0.15, 0.2) is 71.8 Å². The van der Waals surface area contributed by atoms with E-state index < -0.39 is 10.0 Å². The first-order valence-electron chi connectivity index (χ1n) is 8.06. The number of sulfonamides is 1. The van der Waals surface area contributed by atoms with Gasteiger partial charge in [0.1, 0.15) is 5.75 Å². The minimum Gasteiger partial charge on any atom is -0.453 e. The number of benzene rings is 2. The van der Waals surface area contributed by atoms with Gasteiger partial charge in [-0.1, -0.05) is 18.2 Å². The van der Waals surface area contributed by atoms with E-state index in [1.807, 2.05) is 0 Å². The molecule has 7 nitrogen and oxygen atoms in total. The van der Waals surface area contributed by atoms with Crippen LogP contribution in [0.2, 0.25) is 0 Å². The number of hydrogen-bond donors (Lipinski definition) is 1. The first kappa shape index (κ1) is 17.0. The Hall–Kier alpha value is -3.39. The minimum absolute atomic E-state index is 0.118. The number of nitrogens with zero attached hydrogens (tertiary/aromatic N) is 1. The van der Waals surface area contributed by atoms with E-state index in [2.05, 4.69) is 9.71 Å². The number of esters is 1. The predicted octanol–water partition coefficient (Wildman–Crippen LogP) is 3.14. The van der Waals surface area contributed by atoms with E-state index in [1.165, 1.54) is 12.1 Å². The number of ether oxygens (including phenoxy) is 2. The molecule has 0 radical (unpaired) electrons. The van der Waals surface area contributed by atoms with Gasteiger partial charge in [-0.15, -0.1) is 0 Å². The molecule has 0 aliphatic carbocycles. The van der Waals surface area contributed by atoms with Gasteiger partial charge in [-0.2, -0.15) is 0 Å². The van der Waals surface area contributed by atoms with Gasteiger partial charge in [-0.3, -0.25) is 14.5 Å². The maximum atomic E-state index is 12.3. The van der Waals surface area contributed by atoms with E-state index in [9.17, 15) is 13.2 Å². The van der Waals surface area contributed by atoms with E-state index in [4.69, 9.17) is 9.47 Å². The molecule has 0 saturated heterocycles. The van der Waals surface area contributed by atoms with Crippen LogP contribution in [0.4, 0.5) is 5.69 Å². The summed E-state index contributed by atoms with van der Waals surface area (Å²) < 4.78 is 38.1. The van der Waals surface area contributed by atoms with Crippen LogP contribution in [0.3, 0.4) is 0 Å². The summed E-state index contributed by atoms with van der Waals surface area (Å²) in [6.45, 7) is 0. The molecular formula is C19H14N2O5S. The Morgan fingerprint density at radius 2 is 1.74 bits per heavy atom. The summed E-state index contributed by atoms with van der Waals surface area (Å²) in [6.07, 6.45) is 1.66. The standard InChI is InChI=1S/C19H14N2O5S/c22-18-12-16-19(26-18)17(10-11-20-16)25-14-8-6-13(7-9-14)21-27(23,24)15-4-2-1-3-5-15/h1-11,21H,12H2. The summed E-state index contributed by atoms with van der Waals surface area (Å²) in [5.41, 5.74) is 0.933. The van der Waals surface area contributed by atoms with Crippen LogP contribution in [-0.2, 0) is 21.2 Å². The van der Waals surface area contributed by atoms with Crippen LogP contribution in [0, 0.1) is 0 Å². The summed E-state index contributed by atoms with van der Waals surface area (Å²) in [5, 5.41) is 0. The molecule has 1 aliphatic rings. The number of aromatic nitrogens is 1. The second kappa shape index (κ2) is 6.73. The number of rotatable bonds is 5. The number of pyridine rings is 1. The van der Waals surface area contributed by atoms with Gasteiger partial charge < -0.3 is 9.47 Å². The lowest BCUT2D eigenvalue weighted by molar-refractivity contribution is -0.131. The van der Waals surface area contributed by atoms with Gasteiger partial charge in [0.2, 0.25) is 0 Å². The summed E-state index contributed by atoms with van der Waals surface area (Å²) in [4.78, 5) is 15.7. The predicted molar refractivity (Wildman–Crippen MR) is 97.3 cm³/mol. The van der Waals surface area contributed by atoms with Gasteiger partial charge in [0.25, 0.3) is 10.0 Å². The average molecular weight is 382 g/mol. The molecule has 1 aliphatic heterocycles. The van der Waals surface area contributed by atoms with Crippen molar-refractivity contribution in [3.63, 3.8) is 0 Å². The van der Waals surface area contributed by atoms with Gasteiger partial charge in [-0.05, 0) is 36.4 Å². The highest BCUT2D eigenvalue weighted by molar-refractivity contribution is 7.92. The molecule has 2 heterocycles. The first-order chi connectivity index (χ1) is 13.0. The summed E-state index contributed by atoms with van der Waals surface area (Å²) in [5.74, 6) is 0.785.